The molecule has 0 aromatic heterocycles. The lowest BCUT2D eigenvalue weighted by atomic mass is 9.42. The molecule has 0 radical (unpaired) electrons. The highest BCUT2D eigenvalue weighted by molar-refractivity contribution is 5.82. The summed E-state index contributed by atoms with van der Waals surface area (Å²) in [6, 6.07) is 2.64. The fraction of sp³-hybridized carbons (Fsp3) is 0.875. The van der Waals surface area contributed by atoms with E-state index in [0.29, 0.717) is 18.6 Å². The SMILES string of the molecule is N#CC1(C23CC4CC(CC(C4)C2)C3)CCC(=O)C1. The van der Waals surface area contributed by atoms with Gasteiger partial charge < -0.3 is 0 Å². The first kappa shape index (κ1) is 11.0. The fourth-order valence-corrected chi connectivity index (χ4v) is 6.23. The van der Waals surface area contributed by atoms with Crippen LogP contribution in [0.3, 0.4) is 0 Å². The number of hydrogen-bond donors (Lipinski definition) is 0. The molecule has 0 N–H and O–H groups in total. The number of ketones is 1. The second-order valence-corrected chi connectivity index (χ2v) is 7.61. The number of nitrogens with zero attached hydrogens (tertiary/aromatic N) is 1. The molecule has 1 atom stereocenters. The largest absolute Gasteiger partial charge is 0.300 e. The van der Waals surface area contributed by atoms with Crippen LogP contribution in [0, 0.1) is 39.9 Å². The van der Waals surface area contributed by atoms with Crippen LogP contribution in [-0.2, 0) is 4.79 Å². The second kappa shape index (κ2) is 3.38. The molecule has 5 fully saturated rings. The summed E-state index contributed by atoms with van der Waals surface area (Å²) in [4.78, 5) is 11.8. The lowest BCUT2D eigenvalue weighted by Gasteiger charge is -2.61. The van der Waals surface area contributed by atoms with Crippen molar-refractivity contribution >= 4 is 5.78 Å². The van der Waals surface area contributed by atoms with Crippen LogP contribution in [0.4, 0.5) is 0 Å². The average molecular weight is 243 g/mol. The number of hydrogen-bond acceptors (Lipinski definition) is 2. The maximum Gasteiger partial charge on any atom is 0.134 e. The van der Waals surface area contributed by atoms with Gasteiger partial charge in [-0.1, -0.05) is 0 Å². The molecular formula is C16H21NO. The highest BCUT2D eigenvalue weighted by atomic mass is 16.1. The van der Waals surface area contributed by atoms with Crippen molar-refractivity contribution in [3.05, 3.63) is 0 Å². The highest BCUT2D eigenvalue weighted by Crippen LogP contribution is 2.68. The quantitative estimate of drug-likeness (QED) is 0.707. The Hall–Kier alpha value is -0.840. The molecule has 0 spiro atoms. The number of rotatable bonds is 1. The minimum atomic E-state index is -0.278. The van der Waals surface area contributed by atoms with Crippen molar-refractivity contribution < 1.29 is 4.79 Å². The molecule has 0 heterocycles. The third-order valence-corrected chi connectivity index (χ3v) is 6.60. The summed E-state index contributed by atoms with van der Waals surface area (Å²) in [7, 11) is 0. The van der Waals surface area contributed by atoms with Crippen molar-refractivity contribution in [2.75, 3.05) is 0 Å². The number of carbonyl (C=O) groups excluding carboxylic acids is 1. The lowest BCUT2D eigenvalue weighted by molar-refractivity contribution is -0.125. The van der Waals surface area contributed by atoms with E-state index in [4.69, 9.17) is 0 Å². The van der Waals surface area contributed by atoms with Crippen LogP contribution >= 0.6 is 0 Å². The maximum absolute atomic E-state index is 11.8. The molecule has 4 bridgehead atoms. The minimum Gasteiger partial charge on any atom is -0.300 e. The van der Waals surface area contributed by atoms with E-state index < -0.39 is 0 Å². The lowest BCUT2D eigenvalue weighted by Crippen LogP contribution is -2.53. The Balaban J connectivity index is 1.75. The summed E-state index contributed by atoms with van der Waals surface area (Å²) in [6.45, 7) is 0. The molecule has 0 aromatic carbocycles. The Labute approximate surface area is 109 Å². The van der Waals surface area contributed by atoms with Crippen LogP contribution in [0.15, 0.2) is 0 Å². The Morgan fingerprint density at radius 3 is 2.00 bits per heavy atom. The van der Waals surface area contributed by atoms with Crippen molar-refractivity contribution in [1.82, 2.24) is 0 Å². The van der Waals surface area contributed by atoms with Crippen LogP contribution < -0.4 is 0 Å². The highest BCUT2D eigenvalue weighted by Gasteiger charge is 2.62. The summed E-state index contributed by atoms with van der Waals surface area (Å²) >= 11 is 0. The molecule has 5 rings (SSSR count). The van der Waals surface area contributed by atoms with Gasteiger partial charge in [0.2, 0.25) is 0 Å². The van der Waals surface area contributed by atoms with Crippen LogP contribution in [-0.4, -0.2) is 5.78 Å². The van der Waals surface area contributed by atoms with Crippen LogP contribution in [0.2, 0.25) is 0 Å². The predicted octanol–water partition coefficient (Wildman–Crippen LogP) is 3.47. The third-order valence-electron chi connectivity index (χ3n) is 6.60. The van der Waals surface area contributed by atoms with E-state index in [2.05, 4.69) is 6.07 Å². The third kappa shape index (κ3) is 1.26. The van der Waals surface area contributed by atoms with Gasteiger partial charge in [-0.2, -0.15) is 5.26 Å². The van der Waals surface area contributed by atoms with E-state index in [1.54, 1.807) is 0 Å². The standard InChI is InChI=1S/C16H21NO/c17-10-15(2-1-14(18)9-15)16-6-11-3-12(7-16)5-13(4-11)8-16/h11-13H,1-9H2. The van der Waals surface area contributed by atoms with Crippen molar-refractivity contribution in [2.45, 2.75) is 57.8 Å². The van der Waals surface area contributed by atoms with Crippen LogP contribution in [0.5, 0.6) is 0 Å². The zero-order chi connectivity index (χ0) is 12.4. The van der Waals surface area contributed by atoms with Crippen molar-refractivity contribution in [3.8, 4) is 6.07 Å². The van der Waals surface area contributed by atoms with Crippen molar-refractivity contribution in [2.24, 2.45) is 28.6 Å². The Morgan fingerprint density at radius 2 is 1.61 bits per heavy atom. The van der Waals surface area contributed by atoms with Crippen molar-refractivity contribution in [1.29, 1.82) is 5.26 Å². The summed E-state index contributed by atoms with van der Waals surface area (Å²) in [5, 5.41) is 9.79. The van der Waals surface area contributed by atoms with E-state index in [0.717, 1.165) is 24.2 Å². The van der Waals surface area contributed by atoms with Crippen molar-refractivity contribution in [3.63, 3.8) is 0 Å². The molecule has 0 amide bonds. The summed E-state index contributed by atoms with van der Waals surface area (Å²) in [5.41, 5.74) is -0.0528. The topological polar surface area (TPSA) is 40.9 Å². The maximum atomic E-state index is 11.8. The monoisotopic (exact) mass is 243 g/mol. The number of nitriles is 1. The smallest absolute Gasteiger partial charge is 0.134 e. The Morgan fingerprint density at radius 1 is 1.06 bits per heavy atom. The minimum absolute atomic E-state index is 0.225. The molecule has 0 saturated heterocycles. The van der Waals surface area contributed by atoms with Gasteiger partial charge in [0.25, 0.3) is 0 Å². The van der Waals surface area contributed by atoms with E-state index in [1.807, 2.05) is 0 Å². The molecule has 96 valence electrons. The van der Waals surface area contributed by atoms with Gasteiger partial charge in [0.15, 0.2) is 0 Å². The van der Waals surface area contributed by atoms with Gasteiger partial charge in [0.05, 0.1) is 11.5 Å². The number of carbonyl (C=O) groups is 1. The van der Waals surface area contributed by atoms with E-state index >= 15 is 0 Å². The molecule has 2 nitrogen and oxygen atoms in total. The zero-order valence-corrected chi connectivity index (χ0v) is 11.0. The molecule has 0 aromatic rings. The van der Waals surface area contributed by atoms with Gasteiger partial charge in [-0.3, -0.25) is 4.79 Å². The van der Waals surface area contributed by atoms with Gasteiger partial charge in [0.1, 0.15) is 5.78 Å². The van der Waals surface area contributed by atoms with Gasteiger partial charge in [-0.25, -0.2) is 0 Å². The Bertz CT molecular complexity index is 411. The van der Waals surface area contributed by atoms with E-state index in [-0.39, 0.29) is 10.8 Å². The normalized spacial score (nSPS) is 53.7. The molecule has 0 aliphatic heterocycles. The summed E-state index contributed by atoms with van der Waals surface area (Å²) in [5.74, 6) is 2.96. The van der Waals surface area contributed by atoms with Crippen LogP contribution in [0.25, 0.3) is 0 Å². The average Bonchev–Trinajstić information content (AvgIpc) is 2.71. The molecule has 5 saturated carbocycles. The zero-order valence-electron chi connectivity index (χ0n) is 11.0. The first-order chi connectivity index (χ1) is 8.65. The predicted molar refractivity (Wildman–Crippen MR) is 67.5 cm³/mol. The molecular weight excluding hydrogens is 222 g/mol. The first-order valence-corrected chi connectivity index (χ1v) is 7.58. The van der Waals surface area contributed by atoms with Crippen LogP contribution in [0.1, 0.15) is 57.8 Å². The number of Topliss-reactive ketones (excluding diaryl/α,β-unsaturated/α-hetero) is 1. The van der Waals surface area contributed by atoms with Gasteiger partial charge in [0, 0.05) is 12.8 Å². The molecule has 2 heteroatoms. The molecule has 1 unspecified atom stereocenters. The van der Waals surface area contributed by atoms with Gasteiger partial charge in [-0.05, 0) is 68.1 Å². The molecule has 5 aliphatic carbocycles. The second-order valence-electron chi connectivity index (χ2n) is 7.61. The first-order valence-electron chi connectivity index (χ1n) is 7.58. The van der Waals surface area contributed by atoms with E-state index in [9.17, 15) is 10.1 Å². The Kier molecular flexibility index (Phi) is 2.07. The molecule has 18 heavy (non-hydrogen) atoms. The fourth-order valence-electron chi connectivity index (χ4n) is 6.23. The summed E-state index contributed by atoms with van der Waals surface area (Å²) in [6.07, 6.45) is 10.1. The molecule has 5 aliphatic rings. The van der Waals surface area contributed by atoms with Gasteiger partial charge in [-0.15, -0.1) is 0 Å². The van der Waals surface area contributed by atoms with Gasteiger partial charge >= 0.3 is 0 Å². The van der Waals surface area contributed by atoms with E-state index in [1.165, 1.54) is 38.5 Å². The summed E-state index contributed by atoms with van der Waals surface area (Å²) < 4.78 is 0.